The maximum Gasteiger partial charge on any atom is 0.284 e. The second-order valence-corrected chi connectivity index (χ2v) is 14.1. The Morgan fingerprint density at radius 3 is 2.41 bits per heavy atom. The molecule has 9 nitrogen and oxygen atoms in total. The molecule has 12 heteroatoms. The van der Waals surface area contributed by atoms with Crippen LogP contribution in [0.5, 0.6) is 0 Å². The van der Waals surface area contributed by atoms with Crippen LogP contribution >= 0.6 is 23.4 Å². The second kappa shape index (κ2) is 11.5. The van der Waals surface area contributed by atoms with Crippen LogP contribution in [-0.4, -0.2) is 40.7 Å². The molecule has 0 bridgehead atoms. The summed E-state index contributed by atoms with van der Waals surface area (Å²) in [6.45, 7) is 2.23. The molecule has 0 spiro atoms. The molecule has 2 fully saturated rings. The van der Waals surface area contributed by atoms with E-state index in [1.54, 1.807) is 48.5 Å². The zero-order valence-electron chi connectivity index (χ0n) is 23.8. The first-order valence-corrected chi connectivity index (χ1v) is 17.2. The van der Waals surface area contributed by atoms with Crippen LogP contribution in [0.4, 0.5) is 11.4 Å². The SMILES string of the molecule is CC1CCCC2C1=NN(c1ccc(S(=O)(=O)/N=C3/SCC(=O)N3c3ccc(Cl)cc3)cc1)C2c1cnn(-c2ccccc2)c1. The highest BCUT2D eigenvalue weighted by Crippen LogP contribution is 2.46. The molecule has 1 amide bonds. The molecule has 3 atom stereocenters. The molecule has 1 saturated heterocycles. The highest BCUT2D eigenvalue weighted by Gasteiger charge is 2.43. The van der Waals surface area contributed by atoms with Crippen molar-refractivity contribution in [2.75, 3.05) is 15.7 Å². The van der Waals surface area contributed by atoms with Gasteiger partial charge >= 0.3 is 0 Å². The first kappa shape index (κ1) is 28.8. The molecule has 3 aliphatic rings. The molecular formula is C32H29ClN6O3S2. The zero-order chi connectivity index (χ0) is 30.4. The lowest BCUT2D eigenvalue weighted by molar-refractivity contribution is -0.115. The molecule has 224 valence electrons. The minimum atomic E-state index is -4.10. The van der Waals surface area contributed by atoms with Crippen molar-refractivity contribution in [3.05, 3.63) is 102 Å². The van der Waals surface area contributed by atoms with Gasteiger partial charge in [0.05, 0.1) is 39.9 Å². The number of anilines is 2. The lowest BCUT2D eigenvalue weighted by Crippen LogP contribution is -2.30. The summed E-state index contributed by atoms with van der Waals surface area (Å²) in [4.78, 5) is 14.0. The Balaban J connectivity index is 1.19. The Kier molecular flexibility index (Phi) is 7.55. The van der Waals surface area contributed by atoms with Gasteiger partial charge in [0.25, 0.3) is 10.0 Å². The molecule has 44 heavy (non-hydrogen) atoms. The van der Waals surface area contributed by atoms with E-state index in [4.69, 9.17) is 16.7 Å². The average molecular weight is 645 g/mol. The second-order valence-electron chi connectivity index (χ2n) is 11.1. The van der Waals surface area contributed by atoms with Gasteiger partial charge in [-0.05, 0) is 79.4 Å². The van der Waals surface area contributed by atoms with E-state index in [-0.39, 0.29) is 33.7 Å². The van der Waals surface area contributed by atoms with Crippen molar-refractivity contribution in [1.29, 1.82) is 0 Å². The van der Waals surface area contributed by atoms with Gasteiger partial charge in [0.2, 0.25) is 5.91 Å². The Morgan fingerprint density at radius 2 is 1.66 bits per heavy atom. The van der Waals surface area contributed by atoms with Crippen molar-refractivity contribution >= 4 is 61.5 Å². The van der Waals surface area contributed by atoms with Crippen LogP contribution < -0.4 is 9.91 Å². The highest BCUT2D eigenvalue weighted by atomic mass is 35.5. The molecule has 1 saturated carbocycles. The van der Waals surface area contributed by atoms with E-state index in [9.17, 15) is 13.2 Å². The molecule has 2 aliphatic heterocycles. The van der Waals surface area contributed by atoms with Crippen LogP contribution in [0.1, 0.15) is 37.8 Å². The molecular weight excluding hydrogens is 616 g/mol. The quantitative estimate of drug-likeness (QED) is 0.231. The number of aromatic nitrogens is 2. The van der Waals surface area contributed by atoms with Gasteiger partial charge in [0, 0.05) is 28.4 Å². The molecule has 1 aromatic heterocycles. The van der Waals surface area contributed by atoms with Gasteiger partial charge in [-0.25, -0.2) is 4.68 Å². The molecule has 3 unspecified atom stereocenters. The summed E-state index contributed by atoms with van der Waals surface area (Å²) in [7, 11) is -4.10. The van der Waals surface area contributed by atoms with Gasteiger partial charge in [-0.15, -0.1) is 4.40 Å². The summed E-state index contributed by atoms with van der Waals surface area (Å²) >= 11 is 7.09. The van der Waals surface area contributed by atoms with E-state index in [1.165, 1.54) is 10.6 Å². The number of hydrazone groups is 1. The Bertz CT molecular complexity index is 1870. The number of amides is 1. The number of nitrogens with zero attached hydrogens (tertiary/aromatic N) is 6. The van der Waals surface area contributed by atoms with E-state index < -0.39 is 10.0 Å². The van der Waals surface area contributed by atoms with Crippen molar-refractivity contribution in [3.63, 3.8) is 0 Å². The maximum absolute atomic E-state index is 13.4. The lowest BCUT2D eigenvalue weighted by Gasteiger charge is -2.30. The van der Waals surface area contributed by atoms with Crippen molar-refractivity contribution in [2.45, 2.75) is 37.1 Å². The number of thioether (sulfide) groups is 1. The van der Waals surface area contributed by atoms with Crippen molar-refractivity contribution in [3.8, 4) is 5.69 Å². The molecule has 3 heterocycles. The number of fused-ring (bicyclic) bond motifs is 1. The number of hydrogen-bond acceptors (Lipinski definition) is 7. The van der Waals surface area contributed by atoms with Crippen LogP contribution in [0.3, 0.4) is 0 Å². The van der Waals surface area contributed by atoms with Crippen molar-refractivity contribution in [2.24, 2.45) is 21.3 Å². The van der Waals surface area contributed by atoms with Gasteiger partial charge < -0.3 is 0 Å². The third-order valence-corrected chi connectivity index (χ3v) is 10.9. The molecule has 0 radical (unpaired) electrons. The summed E-state index contributed by atoms with van der Waals surface area (Å²) in [5, 5.41) is 12.4. The fraction of sp³-hybridized carbons (Fsp3) is 0.250. The van der Waals surface area contributed by atoms with Gasteiger partial charge in [-0.1, -0.05) is 54.9 Å². The first-order valence-electron chi connectivity index (χ1n) is 14.4. The van der Waals surface area contributed by atoms with Crippen LogP contribution in [0.15, 0.2) is 106 Å². The number of carbonyl (C=O) groups excluding carboxylic acids is 1. The van der Waals surface area contributed by atoms with Gasteiger partial charge in [0.1, 0.15) is 0 Å². The average Bonchev–Trinajstić information content (AvgIpc) is 3.76. The normalized spacial score (nSPS) is 22.9. The van der Waals surface area contributed by atoms with E-state index in [2.05, 4.69) is 22.6 Å². The number of hydrogen-bond donors (Lipinski definition) is 0. The van der Waals surface area contributed by atoms with E-state index in [0.29, 0.717) is 16.6 Å². The Hall–Kier alpha value is -3.93. The summed E-state index contributed by atoms with van der Waals surface area (Å²) < 4.78 is 32.8. The first-order chi connectivity index (χ1) is 21.3. The number of sulfonamides is 1. The topological polar surface area (TPSA) is 100 Å². The van der Waals surface area contributed by atoms with Crippen LogP contribution in [0.25, 0.3) is 5.69 Å². The number of carbonyl (C=O) groups is 1. The molecule has 4 aromatic rings. The molecule has 1 aliphatic carbocycles. The number of para-hydroxylation sites is 1. The number of amidine groups is 1. The minimum absolute atomic E-state index is 0.0378. The maximum atomic E-state index is 13.4. The number of halogens is 1. The molecule has 3 aromatic carbocycles. The summed E-state index contributed by atoms with van der Waals surface area (Å²) in [5.74, 6) is 0.480. The number of benzene rings is 3. The van der Waals surface area contributed by atoms with Crippen molar-refractivity contribution < 1.29 is 13.2 Å². The summed E-state index contributed by atoms with van der Waals surface area (Å²) in [6.07, 6.45) is 7.24. The minimum Gasteiger partial charge on any atom is -0.273 e. The highest BCUT2D eigenvalue weighted by molar-refractivity contribution is 8.16. The Labute approximate surface area is 265 Å². The standard InChI is InChI=1S/C32H29ClN6O3S2/c1-21-6-5-9-28-30(21)35-39(31(28)22-18-34-37(19-22)24-7-3-2-4-8-24)26-14-16-27(17-15-26)44(41,42)36-32-38(29(40)20-43-32)25-12-10-23(33)11-13-25/h2-4,7-8,10-19,21,28,31H,5-6,9,20H2,1H3/b36-32+. The predicted octanol–water partition coefficient (Wildman–Crippen LogP) is 6.70. The van der Waals surface area contributed by atoms with Crippen molar-refractivity contribution in [1.82, 2.24) is 9.78 Å². The fourth-order valence-corrected chi connectivity index (χ4v) is 8.38. The monoisotopic (exact) mass is 644 g/mol. The van der Waals surface area contributed by atoms with Crippen LogP contribution in [-0.2, 0) is 14.8 Å². The van der Waals surface area contributed by atoms with Gasteiger partial charge in [0.15, 0.2) is 5.17 Å². The predicted molar refractivity (Wildman–Crippen MR) is 175 cm³/mol. The lowest BCUT2D eigenvalue weighted by atomic mass is 9.76. The van der Waals surface area contributed by atoms with E-state index >= 15 is 0 Å². The van der Waals surface area contributed by atoms with Gasteiger partial charge in [-0.2, -0.15) is 18.6 Å². The smallest absolute Gasteiger partial charge is 0.273 e. The van der Waals surface area contributed by atoms with Crippen LogP contribution in [0, 0.1) is 11.8 Å². The zero-order valence-corrected chi connectivity index (χ0v) is 26.2. The van der Waals surface area contributed by atoms with Crippen LogP contribution in [0.2, 0.25) is 5.02 Å². The third-order valence-electron chi connectivity index (χ3n) is 8.32. The van der Waals surface area contributed by atoms with Gasteiger partial charge in [-0.3, -0.25) is 14.7 Å². The molecule has 7 rings (SSSR count). The number of rotatable bonds is 6. The summed E-state index contributed by atoms with van der Waals surface area (Å²) in [6, 6.07) is 23.2. The molecule has 0 N–H and O–H groups in total. The fourth-order valence-electron chi connectivity index (χ4n) is 6.16. The largest absolute Gasteiger partial charge is 0.284 e. The van der Waals surface area contributed by atoms with E-state index in [1.807, 2.05) is 46.2 Å². The van der Waals surface area contributed by atoms with E-state index in [0.717, 1.165) is 48.0 Å². The third kappa shape index (κ3) is 5.33. The Morgan fingerprint density at radius 1 is 0.932 bits per heavy atom. The summed E-state index contributed by atoms with van der Waals surface area (Å²) in [5.41, 5.74) is 4.52.